The van der Waals surface area contributed by atoms with Crippen molar-refractivity contribution in [2.75, 3.05) is 7.11 Å². The Bertz CT molecular complexity index is 362. The van der Waals surface area contributed by atoms with Gasteiger partial charge in [0.05, 0.1) is 19.3 Å². The van der Waals surface area contributed by atoms with E-state index in [1.54, 1.807) is 13.3 Å². The van der Waals surface area contributed by atoms with Crippen molar-refractivity contribution in [2.45, 2.75) is 44.6 Å². The van der Waals surface area contributed by atoms with E-state index in [1.807, 2.05) is 12.3 Å². The highest BCUT2D eigenvalue weighted by atomic mass is 16.5. The molecule has 18 heavy (non-hydrogen) atoms. The molecule has 1 aromatic heterocycles. The molecule has 1 saturated carbocycles. The van der Waals surface area contributed by atoms with Gasteiger partial charge in [0.1, 0.15) is 5.75 Å². The molecule has 0 amide bonds. The smallest absolute Gasteiger partial charge is 0.137 e. The Labute approximate surface area is 109 Å². The zero-order valence-electron chi connectivity index (χ0n) is 11.1. The van der Waals surface area contributed by atoms with Crippen LogP contribution in [0.1, 0.15) is 50.1 Å². The van der Waals surface area contributed by atoms with Gasteiger partial charge in [-0.05, 0) is 30.4 Å². The number of hydrogen-bond acceptors (Lipinski definition) is 4. The summed E-state index contributed by atoms with van der Waals surface area (Å²) in [7, 11) is 1.66. The summed E-state index contributed by atoms with van der Waals surface area (Å²) in [6.07, 6.45) is 11.4. The zero-order chi connectivity index (χ0) is 12.8. The van der Waals surface area contributed by atoms with E-state index in [-0.39, 0.29) is 6.04 Å². The minimum Gasteiger partial charge on any atom is -0.495 e. The van der Waals surface area contributed by atoms with Crippen molar-refractivity contribution in [1.29, 1.82) is 0 Å². The number of methoxy groups -OCH3 is 1. The molecule has 1 heterocycles. The van der Waals surface area contributed by atoms with Crippen molar-refractivity contribution in [2.24, 2.45) is 11.8 Å². The fourth-order valence-electron chi connectivity index (χ4n) is 2.87. The molecular formula is C14H23N3O. The third-order valence-corrected chi connectivity index (χ3v) is 3.88. The molecule has 0 aliphatic heterocycles. The van der Waals surface area contributed by atoms with Gasteiger partial charge in [0, 0.05) is 6.20 Å². The van der Waals surface area contributed by atoms with Crippen molar-refractivity contribution in [1.82, 2.24) is 10.4 Å². The van der Waals surface area contributed by atoms with Gasteiger partial charge in [0.25, 0.3) is 0 Å². The molecule has 0 bridgehead atoms. The lowest BCUT2D eigenvalue weighted by Crippen LogP contribution is -2.33. The van der Waals surface area contributed by atoms with E-state index in [2.05, 4.69) is 10.4 Å². The summed E-state index contributed by atoms with van der Waals surface area (Å²) < 4.78 is 5.23. The first-order valence-corrected chi connectivity index (χ1v) is 6.80. The van der Waals surface area contributed by atoms with E-state index in [9.17, 15) is 0 Å². The quantitative estimate of drug-likeness (QED) is 0.489. The summed E-state index contributed by atoms with van der Waals surface area (Å²) in [4.78, 5) is 4.22. The van der Waals surface area contributed by atoms with E-state index in [1.165, 1.54) is 38.5 Å². The van der Waals surface area contributed by atoms with Gasteiger partial charge in [-0.15, -0.1) is 0 Å². The number of nitrogens with two attached hydrogens (primary N) is 1. The highest BCUT2D eigenvalue weighted by Gasteiger charge is 2.23. The number of ether oxygens (including phenoxy) is 1. The van der Waals surface area contributed by atoms with Crippen molar-refractivity contribution in [3.8, 4) is 5.75 Å². The maximum atomic E-state index is 5.76. The number of pyridine rings is 1. The van der Waals surface area contributed by atoms with Gasteiger partial charge in [0.15, 0.2) is 0 Å². The number of rotatable bonds is 4. The van der Waals surface area contributed by atoms with Crippen LogP contribution >= 0.6 is 0 Å². The molecular weight excluding hydrogens is 226 g/mol. The van der Waals surface area contributed by atoms with Gasteiger partial charge < -0.3 is 4.74 Å². The highest BCUT2D eigenvalue weighted by Crippen LogP contribution is 2.33. The summed E-state index contributed by atoms with van der Waals surface area (Å²) in [5.41, 5.74) is 4.10. The van der Waals surface area contributed by atoms with Crippen LogP contribution in [-0.4, -0.2) is 12.1 Å². The van der Waals surface area contributed by atoms with Crippen LogP contribution < -0.4 is 16.0 Å². The van der Waals surface area contributed by atoms with E-state index in [0.29, 0.717) is 5.92 Å². The summed E-state index contributed by atoms with van der Waals surface area (Å²) in [5, 5.41) is 0. The Hall–Kier alpha value is -1.13. The predicted molar refractivity (Wildman–Crippen MR) is 72.0 cm³/mol. The van der Waals surface area contributed by atoms with Gasteiger partial charge in [-0.1, -0.05) is 25.7 Å². The second-order valence-corrected chi connectivity index (χ2v) is 5.05. The standard InChI is InChI=1S/C14H23N3O/c1-18-13-8-12(9-16-10-13)14(17-15)11-6-4-2-3-5-7-11/h8-11,14,17H,2-7,15H2,1H3. The molecule has 0 radical (unpaired) electrons. The van der Waals surface area contributed by atoms with E-state index < -0.39 is 0 Å². The molecule has 1 unspecified atom stereocenters. The molecule has 4 nitrogen and oxygen atoms in total. The Morgan fingerprint density at radius 2 is 2.00 bits per heavy atom. The monoisotopic (exact) mass is 249 g/mol. The fraction of sp³-hybridized carbons (Fsp3) is 0.643. The molecule has 1 aliphatic carbocycles. The molecule has 1 fully saturated rings. The van der Waals surface area contributed by atoms with E-state index >= 15 is 0 Å². The summed E-state index contributed by atoms with van der Waals surface area (Å²) >= 11 is 0. The summed E-state index contributed by atoms with van der Waals surface area (Å²) in [6.45, 7) is 0. The zero-order valence-corrected chi connectivity index (χ0v) is 11.1. The molecule has 1 aliphatic rings. The lowest BCUT2D eigenvalue weighted by atomic mass is 9.88. The Kier molecular flexibility index (Phi) is 4.96. The van der Waals surface area contributed by atoms with Crippen molar-refractivity contribution in [3.63, 3.8) is 0 Å². The molecule has 3 N–H and O–H groups in total. The van der Waals surface area contributed by atoms with Crippen LogP contribution in [0, 0.1) is 5.92 Å². The Morgan fingerprint density at radius 1 is 1.28 bits per heavy atom. The summed E-state index contributed by atoms with van der Waals surface area (Å²) in [5.74, 6) is 7.16. The largest absolute Gasteiger partial charge is 0.495 e. The summed E-state index contributed by atoms with van der Waals surface area (Å²) in [6, 6.07) is 2.22. The highest BCUT2D eigenvalue weighted by molar-refractivity contribution is 5.26. The van der Waals surface area contributed by atoms with Gasteiger partial charge in [0.2, 0.25) is 0 Å². The van der Waals surface area contributed by atoms with Crippen LogP contribution in [0.15, 0.2) is 18.5 Å². The molecule has 0 aromatic carbocycles. The maximum absolute atomic E-state index is 5.76. The SMILES string of the molecule is COc1cncc(C(NN)C2CCCCCC2)c1. The topological polar surface area (TPSA) is 60.2 Å². The van der Waals surface area contributed by atoms with Gasteiger partial charge in [-0.3, -0.25) is 16.3 Å². The lowest BCUT2D eigenvalue weighted by Gasteiger charge is -2.25. The van der Waals surface area contributed by atoms with Crippen molar-refractivity contribution in [3.05, 3.63) is 24.0 Å². The molecule has 0 spiro atoms. The first kappa shape index (κ1) is 13.3. The van der Waals surface area contributed by atoms with Crippen LogP contribution in [0.25, 0.3) is 0 Å². The average molecular weight is 249 g/mol. The third kappa shape index (κ3) is 3.21. The third-order valence-electron chi connectivity index (χ3n) is 3.88. The number of hydrogen-bond donors (Lipinski definition) is 2. The molecule has 4 heteroatoms. The first-order chi connectivity index (χ1) is 8.85. The van der Waals surface area contributed by atoms with Crippen LogP contribution in [0.4, 0.5) is 0 Å². The lowest BCUT2D eigenvalue weighted by molar-refractivity contribution is 0.327. The first-order valence-electron chi connectivity index (χ1n) is 6.80. The second kappa shape index (κ2) is 6.71. The molecule has 0 saturated heterocycles. The van der Waals surface area contributed by atoms with Crippen LogP contribution in [-0.2, 0) is 0 Å². The minimum atomic E-state index is 0.186. The van der Waals surface area contributed by atoms with Crippen LogP contribution in [0.2, 0.25) is 0 Å². The van der Waals surface area contributed by atoms with Gasteiger partial charge >= 0.3 is 0 Å². The van der Waals surface area contributed by atoms with E-state index in [4.69, 9.17) is 10.6 Å². The van der Waals surface area contributed by atoms with Gasteiger partial charge in [-0.25, -0.2) is 0 Å². The fourth-order valence-corrected chi connectivity index (χ4v) is 2.87. The molecule has 1 atom stereocenters. The Balaban J connectivity index is 2.15. The number of hydrazine groups is 1. The number of nitrogens with zero attached hydrogens (tertiary/aromatic N) is 1. The number of aromatic nitrogens is 1. The normalized spacial score (nSPS) is 19.2. The predicted octanol–water partition coefficient (Wildman–Crippen LogP) is 2.57. The average Bonchev–Trinajstić information content (AvgIpc) is 2.69. The molecule has 100 valence electrons. The second-order valence-electron chi connectivity index (χ2n) is 5.05. The van der Waals surface area contributed by atoms with Crippen LogP contribution in [0.3, 0.4) is 0 Å². The molecule has 1 aromatic rings. The van der Waals surface area contributed by atoms with Gasteiger partial charge in [-0.2, -0.15) is 0 Å². The number of nitrogens with one attached hydrogen (secondary N) is 1. The van der Waals surface area contributed by atoms with Crippen molar-refractivity contribution >= 4 is 0 Å². The molecule has 2 rings (SSSR count). The van der Waals surface area contributed by atoms with Crippen LogP contribution in [0.5, 0.6) is 5.75 Å². The van der Waals surface area contributed by atoms with E-state index in [0.717, 1.165) is 11.3 Å². The Morgan fingerprint density at radius 3 is 2.61 bits per heavy atom. The minimum absolute atomic E-state index is 0.186. The van der Waals surface area contributed by atoms with Crippen molar-refractivity contribution < 1.29 is 4.74 Å². The maximum Gasteiger partial charge on any atom is 0.137 e.